The molecule has 1 aromatic carbocycles. The minimum Gasteiger partial charge on any atom is -0.315 e. The van der Waals surface area contributed by atoms with Crippen LogP contribution in [-0.4, -0.2) is 19.7 Å². The first-order chi connectivity index (χ1) is 8.68. The van der Waals surface area contributed by atoms with E-state index in [0.717, 1.165) is 0 Å². The summed E-state index contributed by atoms with van der Waals surface area (Å²) in [6, 6.07) is 8.50. The van der Waals surface area contributed by atoms with E-state index >= 15 is 0 Å². The van der Waals surface area contributed by atoms with E-state index in [9.17, 15) is 13.6 Å². The van der Waals surface area contributed by atoms with Crippen LogP contribution in [0.3, 0.4) is 0 Å². The second-order valence-corrected chi connectivity index (χ2v) is 5.33. The molecule has 0 fully saturated rings. The third-order valence-corrected chi connectivity index (χ3v) is 3.80. The Labute approximate surface area is 110 Å². The van der Waals surface area contributed by atoms with E-state index in [1.165, 1.54) is 17.5 Å². The summed E-state index contributed by atoms with van der Waals surface area (Å²) in [4.78, 5) is 15.8. The summed E-state index contributed by atoms with van der Waals surface area (Å²) in [5.74, 6) is -0.522. The summed E-state index contributed by atoms with van der Waals surface area (Å²) in [5, 5.41) is 2.01. The number of hydrogen-bond acceptors (Lipinski definition) is 4. The molecule has 2 rings (SSSR count). The van der Waals surface area contributed by atoms with Crippen LogP contribution in [0.15, 0.2) is 42.0 Å². The van der Waals surface area contributed by atoms with Crippen LogP contribution >= 0.6 is 11.3 Å². The molecule has 0 bridgehead atoms. The first kappa shape index (κ1) is 12.9. The van der Waals surface area contributed by atoms with Gasteiger partial charge in [0, 0.05) is 0 Å². The lowest BCUT2D eigenvalue weighted by Crippen LogP contribution is -2.24. The molecule has 0 saturated heterocycles. The summed E-state index contributed by atoms with van der Waals surface area (Å²) in [7, 11) is 0. The largest absolute Gasteiger partial charge is 0.315 e. The van der Waals surface area contributed by atoms with E-state index in [4.69, 9.17) is 0 Å². The molecule has 0 aliphatic carbocycles. The molecular weight excluding hydrogens is 272 g/mol. The van der Waals surface area contributed by atoms with Crippen LogP contribution in [0.1, 0.15) is 10.8 Å². The average molecular weight is 282 g/mol. The molecule has 0 spiro atoms. The smallest absolute Gasteiger partial charge is 0.247 e. The van der Waals surface area contributed by atoms with Crippen molar-refractivity contribution < 1.29 is 13.6 Å². The predicted molar refractivity (Wildman–Crippen MR) is 70.7 cm³/mol. The lowest BCUT2D eigenvalue weighted by molar-refractivity contribution is -0.115. The Balaban J connectivity index is 2.21. The number of nitrogens with one attached hydrogen (secondary N) is 1. The van der Waals surface area contributed by atoms with Gasteiger partial charge in [-0.05, 0) is 5.56 Å². The SMILES string of the molecule is O=C(Nc1cncs1)C(c1ccccc1)S(=O)O. The second-order valence-electron chi connectivity index (χ2n) is 3.42. The molecule has 5 nitrogen and oxygen atoms in total. The zero-order chi connectivity index (χ0) is 13.0. The van der Waals surface area contributed by atoms with Crippen LogP contribution in [-0.2, 0) is 15.9 Å². The Bertz CT molecular complexity index is 543. The van der Waals surface area contributed by atoms with Crippen molar-refractivity contribution in [1.29, 1.82) is 0 Å². The normalized spacial score (nSPS) is 13.8. The number of amides is 1. The molecule has 94 valence electrons. The molecule has 0 aliphatic rings. The number of nitrogens with zero attached hydrogens (tertiary/aromatic N) is 1. The molecule has 2 aromatic rings. The van der Waals surface area contributed by atoms with Crippen LogP contribution in [0.5, 0.6) is 0 Å². The maximum absolute atomic E-state index is 12.0. The highest BCUT2D eigenvalue weighted by molar-refractivity contribution is 7.80. The highest BCUT2D eigenvalue weighted by Crippen LogP contribution is 2.22. The number of thiazole rings is 1. The fraction of sp³-hybridized carbons (Fsp3) is 0.0909. The fourth-order valence-corrected chi connectivity index (χ4v) is 2.60. The van der Waals surface area contributed by atoms with Crippen LogP contribution in [0, 0.1) is 0 Å². The van der Waals surface area contributed by atoms with Crippen molar-refractivity contribution in [2.75, 3.05) is 5.32 Å². The molecule has 2 unspecified atom stereocenters. The lowest BCUT2D eigenvalue weighted by atomic mass is 10.1. The zero-order valence-electron chi connectivity index (χ0n) is 9.15. The molecule has 1 aromatic heterocycles. The van der Waals surface area contributed by atoms with E-state index in [-0.39, 0.29) is 0 Å². The number of benzene rings is 1. The van der Waals surface area contributed by atoms with Gasteiger partial charge in [-0.2, -0.15) is 0 Å². The van der Waals surface area contributed by atoms with Gasteiger partial charge in [0.25, 0.3) is 0 Å². The Morgan fingerprint density at radius 2 is 2.11 bits per heavy atom. The first-order valence-corrected chi connectivity index (χ1v) is 7.07. The van der Waals surface area contributed by atoms with Gasteiger partial charge in [-0.3, -0.25) is 9.78 Å². The van der Waals surface area contributed by atoms with Gasteiger partial charge in [0.1, 0.15) is 5.00 Å². The van der Waals surface area contributed by atoms with Crippen LogP contribution in [0.25, 0.3) is 0 Å². The topological polar surface area (TPSA) is 79.3 Å². The fourth-order valence-electron chi connectivity index (χ4n) is 1.45. The van der Waals surface area contributed by atoms with Gasteiger partial charge in [-0.1, -0.05) is 30.3 Å². The minimum absolute atomic E-state index is 0.500. The quantitative estimate of drug-likeness (QED) is 0.841. The molecule has 1 amide bonds. The van der Waals surface area contributed by atoms with Crippen molar-refractivity contribution in [3.05, 3.63) is 47.6 Å². The van der Waals surface area contributed by atoms with Gasteiger partial charge in [0.15, 0.2) is 16.3 Å². The summed E-state index contributed by atoms with van der Waals surface area (Å²) in [6.07, 6.45) is 1.49. The maximum Gasteiger partial charge on any atom is 0.247 e. The van der Waals surface area contributed by atoms with Crippen molar-refractivity contribution in [3.63, 3.8) is 0 Å². The summed E-state index contributed by atoms with van der Waals surface area (Å²) < 4.78 is 20.6. The number of carbonyl (C=O) groups is 1. The number of anilines is 1. The second kappa shape index (κ2) is 5.85. The number of carbonyl (C=O) groups excluding carboxylic acids is 1. The molecule has 7 heteroatoms. The van der Waals surface area contributed by atoms with Crippen LogP contribution in [0.4, 0.5) is 5.00 Å². The van der Waals surface area contributed by atoms with Crippen LogP contribution < -0.4 is 5.32 Å². The van der Waals surface area contributed by atoms with E-state index in [2.05, 4.69) is 10.3 Å². The molecule has 2 atom stereocenters. The third kappa shape index (κ3) is 3.00. The van der Waals surface area contributed by atoms with Gasteiger partial charge in [-0.25, -0.2) is 4.21 Å². The number of hydrogen-bond donors (Lipinski definition) is 2. The minimum atomic E-state index is -2.27. The van der Waals surface area contributed by atoms with Gasteiger partial charge in [-0.15, -0.1) is 11.3 Å². The number of aromatic nitrogens is 1. The van der Waals surface area contributed by atoms with Crippen molar-refractivity contribution in [2.45, 2.75) is 5.25 Å². The van der Waals surface area contributed by atoms with Crippen molar-refractivity contribution in [1.82, 2.24) is 4.98 Å². The highest BCUT2D eigenvalue weighted by Gasteiger charge is 2.26. The Hall–Kier alpha value is -1.57. The predicted octanol–water partition coefficient (Wildman–Crippen LogP) is 2.04. The average Bonchev–Trinajstić information content (AvgIpc) is 2.83. The van der Waals surface area contributed by atoms with E-state index < -0.39 is 22.2 Å². The van der Waals surface area contributed by atoms with Gasteiger partial charge in [0.05, 0.1) is 11.7 Å². The first-order valence-electron chi connectivity index (χ1n) is 5.02. The van der Waals surface area contributed by atoms with E-state index in [1.54, 1.807) is 35.8 Å². The third-order valence-electron chi connectivity index (χ3n) is 2.22. The van der Waals surface area contributed by atoms with Crippen molar-refractivity contribution in [3.8, 4) is 0 Å². The Morgan fingerprint density at radius 1 is 1.39 bits per heavy atom. The van der Waals surface area contributed by atoms with E-state index in [1.807, 2.05) is 0 Å². The molecule has 0 radical (unpaired) electrons. The van der Waals surface area contributed by atoms with Crippen molar-refractivity contribution >= 4 is 33.3 Å². The standard InChI is InChI=1S/C11H10N2O3S2/c14-11(13-9-6-12-7-17-9)10(18(15)16)8-4-2-1-3-5-8/h1-7,10H,(H,13,14)(H,15,16). The molecule has 0 aliphatic heterocycles. The lowest BCUT2D eigenvalue weighted by Gasteiger charge is -2.12. The van der Waals surface area contributed by atoms with Gasteiger partial charge in [0.2, 0.25) is 5.91 Å². The van der Waals surface area contributed by atoms with Gasteiger partial charge < -0.3 is 9.87 Å². The molecule has 2 N–H and O–H groups in total. The summed E-state index contributed by atoms with van der Waals surface area (Å²) in [6.45, 7) is 0. The monoisotopic (exact) mass is 282 g/mol. The maximum atomic E-state index is 12.0. The number of rotatable bonds is 4. The van der Waals surface area contributed by atoms with Crippen molar-refractivity contribution in [2.24, 2.45) is 0 Å². The molecular formula is C11H10N2O3S2. The summed E-state index contributed by atoms with van der Waals surface area (Å²) in [5.41, 5.74) is 2.07. The highest BCUT2D eigenvalue weighted by atomic mass is 32.2. The van der Waals surface area contributed by atoms with E-state index in [0.29, 0.717) is 10.6 Å². The Morgan fingerprint density at radius 3 is 2.67 bits per heavy atom. The molecule has 1 heterocycles. The van der Waals surface area contributed by atoms with Crippen LogP contribution in [0.2, 0.25) is 0 Å². The summed E-state index contributed by atoms with van der Waals surface area (Å²) >= 11 is -1.02. The molecule has 0 saturated carbocycles. The van der Waals surface area contributed by atoms with Gasteiger partial charge >= 0.3 is 0 Å². The Kier molecular flexibility index (Phi) is 4.19. The molecule has 18 heavy (non-hydrogen) atoms. The zero-order valence-corrected chi connectivity index (χ0v) is 10.8.